The van der Waals surface area contributed by atoms with Gasteiger partial charge in [0, 0.05) is 25.6 Å². The lowest BCUT2D eigenvalue weighted by molar-refractivity contribution is -0.138. The molecular weight excluding hydrogens is 404 g/mol. The first-order valence-electron chi connectivity index (χ1n) is 8.59. The van der Waals surface area contributed by atoms with E-state index in [0.29, 0.717) is 12.5 Å². The van der Waals surface area contributed by atoms with Gasteiger partial charge in [-0.15, -0.1) is 0 Å². The molecule has 2 amide bonds. The second kappa shape index (κ2) is 7.34. The Morgan fingerprint density at radius 3 is 2.61 bits per heavy atom. The third kappa shape index (κ3) is 4.45. The molecule has 0 radical (unpaired) electrons. The minimum absolute atomic E-state index is 0.0108. The fraction of sp³-hybridized carbons (Fsp3) is 0.529. The molecule has 6 nitrogen and oxygen atoms in total. The minimum atomic E-state index is -4.77. The molecule has 2 saturated heterocycles. The van der Waals surface area contributed by atoms with Gasteiger partial charge >= 0.3 is 6.18 Å². The van der Waals surface area contributed by atoms with Crippen molar-refractivity contribution in [2.24, 2.45) is 5.92 Å². The highest BCUT2D eigenvalue weighted by Crippen LogP contribution is 2.32. The summed E-state index contributed by atoms with van der Waals surface area (Å²) < 4.78 is 75.3. The standard InChI is InChI=1S/C17H18F4N2O4S/c18-12-2-1-10(14(6-12)17(19,20)21)7-22-16(25)11-5-15(24)23(8-11)13-3-4-28(26,27)9-13/h1-2,6,11,13H,3-5,7-9H2,(H,22,25)/t11-,13+/m0/s1. The van der Waals surface area contributed by atoms with Crippen LogP contribution in [-0.2, 0) is 32.1 Å². The van der Waals surface area contributed by atoms with E-state index in [2.05, 4.69) is 5.32 Å². The van der Waals surface area contributed by atoms with Crippen LogP contribution < -0.4 is 5.32 Å². The van der Waals surface area contributed by atoms with Crippen molar-refractivity contribution in [1.29, 1.82) is 0 Å². The van der Waals surface area contributed by atoms with Gasteiger partial charge in [-0.2, -0.15) is 13.2 Å². The number of hydrogen-bond donors (Lipinski definition) is 1. The normalized spacial score (nSPS) is 24.6. The Bertz CT molecular complexity index is 901. The van der Waals surface area contributed by atoms with E-state index in [4.69, 9.17) is 0 Å². The Hall–Kier alpha value is -2.17. The molecule has 3 rings (SSSR count). The molecule has 0 aliphatic carbocycles. The monoisotopic (exact) mass is 422 g/mol. The van der Waals surface area contributed by atoms with E-state index in [1.165, 1.54) is 4.90 Å². The van der Waals surface area contributed by atoms with E-state index >= 15 is 0 Å². The molecule has 0 unspecified atom stereocenters. The number of nitrogens with zero attached hydrogens (tertiary/aromatic N) is 1. The fourth-order valence-corrected chi connectivity index (χ4v) is 5.31. The molecule has 2 fully saturated rings. The van der Waals surface area contributed by atoms with Gasteiger partial charge in [-0.25, -0.2) is 12.8 Å². The second-order valence-electron chi connectivity index (χ2n) is 7.02. The lowest BCUT2D eigenvalue weighted by Crippen LogP contribution is -2.39. The molecule has 2 aliphatic heterocycles. The Morgan fingerprint density at radius 2 is 2.00 bits per heavy atom. The van der Waals surface area contributed by atoms with Crippen LogP contribution >= 0.6 is 0 Å². The van der Waals surface area contributed by atoms with Crippen molar-refractivity contribution in [3.05, 3.63) is 35.1 Å². The van der Waals surface area contributed by atoms with Crippen LogP contribution in [0.15, 0.2) is 18.2 Å². The predicted molar refractivity (Wildman–Crippen MR) is 90.1 cm³/mol. The number of carbonyl (C=O) groups excluding carboxylic acids is 2. The number of likely N-dealkylation sites (tertiary alicyclic amines) is 1. The lowest BCUT2D eigenvalue weighted by Gasteiger charge is -2.23. The molecule has 28 heavy (non-hydrogen) atoms. The van der Waals surface area contributed by atoms with E-state index in [1.54, 1.807) is 0 Å². The van der Waals surface area contributed by atoms with E-state index in [1.807, 2.05) is 0 Å². The minimum Gasteiger partial charge on any atom is -0.352 e. The van der Waals surface area contributed by atoms with Gasteiger partial charge in [0.25, 0.3) is 0 Å². The molecule has 0 saturated carbocycles. The van der Waals surface area contributed by atoms with E-state index in [9.17, 15) is 35.6 Å². The third-order valence-electron chi connectivity index (χ3n) is 5.01. The predicted octanol–water partition coefficient (Wildman–Crippen LogP) is 1.50. The zero-order valence-corrected chi connectivity index (χ0v) is 15.4. The van der Waals surface area contributed by atoms with Crippen LogP contribution in [0.5, 0.6) is 0 Å². The van der Waals surface area contributed by atoms with Crippen molar-refractivity contribution in [3.8, 4) is 0 Å². The average Bonchev–Trinajstić information content (AvgIpc) is 3.14. The summed E-state index contributed by atoms with van der Waals surface area (Å²) in [6.45, 7) is -0.434. The maximum Gasteiger partial charge on any atom is 0.416 e. The Balaban J connectivity index is 1.63. The van der Waals surface area contributed by atoms with Crippen LogP contribution in [-0.4, -0.2) is 49.2 Å². The summed E-state index contributed by atoms with van der Waals surface area (Å²) in [6.07, 6.45) is -4.58. The summed E-state index contributed by atoms with van der Waals surface area (Å²) in [5.74, 6) is -2.91. The highest BCUT2D eigenvalue weighted by atomic mass is 32.2. The molecule has 2 atom stereocenters. The van der Waals surface area contributed by atoms with E-state index in [0.717, 1.165) is 12.1 Å². The summed E-state index contributed by atoms with van der Waals surface area (Å²) in [4.78, 5) is 25.8. The van der Waals surface area contributed by atoms with Gasteiger partial charge in [-0.1, -0.05) is 6.07 Å². The Morgan fingerprint density at radius 1 is 1.29 bits per heavy atom. The van der Waals surface area contributed by atoms with Gasteiger partial charge in [0.15, 0.2) is 9.84 Å². The zero-order valence-electron chi connectivity index (χ0n) is 14.6. The van der Waals surface area contributed by atoms with Crippen LogP contribution in [0.4, 0.5) is 17.6 Å². The molecule has 1 N–H and O–H groups in total. The number of halogens is 4. The fourth-order valence-electron chi connectivity index (χ4n) is 3.57. The van der Waals surface area contributed by atoms with E-state index in [-0.39, 0.29) is 35.9 Å². The molecule has 2 aliphatic rings. The van der Waals surface area contributed by atoms with Crippen molar-refractivity contribution >= 4 is 21.7 Å². The summed E-state index contributed by atoms with van der Waals surface area (Å²) in [5.41, 5.74) is -1.46. The topological polar surface area (TPSA) is 83.6 Å². The lowest BCUT2D eigenvalue weighted by atomic mass is 10.1. The average molecular weight is 422 g/mol. The first-order valence-corrected chi connectivity index (χ1v) is 10.4. The molecule has 2 heterocycles. The van der Waals surface area contributed by atoms with Gasteiger partial charge in [-0.05, 0) is 24.1 Å². The molecule has 0 spiro atoms. The molecule has 11 heteroatoms. The van der Waals surface area contributed by atoms with E-state index < -0.39 is 51.8 Å². The van der Waals surface area contributed by atoms with Crippen molar-refractivity contribution in [3.63, 3.8) is 0 Å². The molecular formula is C17H18F4N2O4S. The third-order valence-corrected chi connectivity index (χ3v) is 6.76. The summed E-state index contributed by atoms with van der Waals surface area (Å²) in [6, 6.07) is 1.72. The molecule has 0 bridgehead atoms. The Kier molecular flexibility index (Phi) is 5.39. The van der Waals surface area contributed by atoms with Gasteiger partial charge < -0.3 is 10.2 Å². The maximum atomic E-state index is 13.1. The Labute approximate surface area is 158 Å². The van der Waals surface area contributed by atoms with Gasteiger partial charge in [0.2, 0.25) is 11.8 Å². The smallest absolute Gasteiger partial charge is 0.352 e. The van der Waals surface area contributed by atoms with Crippen LogP contribution in [0.3, 0.4) is 0 Å². The first kappa shape index (κ1) is 20.6. The van der Waals surface area contributed by atoms with Gasteiger partial charge in [0.1, 0.15) is 5.82 Å². The number of rotatable bonds is 4. The molecule has 154 valence electrons. The second-order valence-corrected chi connectivity index (χ2v) is 9.25. The first-order chi connectivity index (χ1) is 13.0. The number of hydrogen-bond acceptors (Lipinski definition) is 4. The number of amides is 2. The molecule has 1 aromatic carbocycles. The van der Waals surface area contributed by atoms with Crippen LogP contribution in [0.1, 0.15) is 24.0 Å². The van der Waals surface area contributed by atoms with Crippen LogP contribution in [0, 0.1) is 11.7 Å². The highest BCUT2D eigenvalue weighted by Gasteiger charge is 2.42. The van der Waals surface area contributed by atoms with Crippen LogP contribution in [0.25, 0.3) is 0 Å². The van der Waals surface area contributed by atoms with Crippen LogP contribution in [0.2, 0.25) is 0 Å². The number of benzene rings is 1. The number of carbonyl (C=O) groups is 2. The largest absolute Gasteiger partial charge is 0.416 e. The number of nitrogens with one attached hydrogen (secondary N) is 1. The molecule has 1 aromatic rings. The number of sulfone groups is 1. The zero-order chi connectivity index (χ0) is 20.7. The van der Waals surface area contributed by atoms with Crippen molar-refractivity contribution in [1.82, 2.24) is 10.2 Å². The summed E-state index contributed by atoms with van der Waals surface area (Å²) in [5, 5.41) is 2.36. The summed E-state index contributed by atoms with van der Waals surface area (Å²) >= 11 is 0. The van der Waals surface area contributed by atoms with Gasteiger partial charge in [-0.3, -0.25) is 9.59 Å². The van der Waals surface area contributed by atoms with Crippen molar-refractivity contribution < 1.29 is 35.6 Å². The van der Waals surface area contributed by atoms with Crippen molar-refractivity contribution in [2.45, 2.75) is 31.6 Å². The highest BCUT2D eigenvalue weighted by molar-refractivity contribution is 7.91. The maximum absolute atomic E-state index is 13.1. The number of alkyl halides is 3. The molecule has 0 aromatic heterocycles. The summed E-state index contributed by atoms with van der Waals surface area (Å²) in [7, 11) is -3.19. The quantitative estimate of drug-likeness (QED) is 0.746. The van der Waals surface area contributed by atoms with Crippen molar-refractivity contribution in [2.75, 3.05) is 18.1 Å². The van der Waals surface area contributed by atoms with Gasteiger partial charge in [0.05, 0.1) is 23.0 Å². The SMILES string of the molecule is O=C(NCc1ccc(F)cc1C(F)(F)F)[C@H]1CC(=O)N([C@@H]2CCS(=O)(=O)C2)C1.